The highest BCUT2D eigenvalue weighted by Crippen LogP contribution is 2.26. The fourth-order valence-electron chi connectivity index (χ4n) is 2.22. The van der Waals surface area contributed by atoms with Crippen LogP contribution in [0.1, 0.15) is 39.3 Å². The van der Waals surface area contributed by atoms with Gasteiger partial charge in [0.15, 0.2) is 0 Å². The summed E-state index contributed by atoms with van der Waals surface area (Å²) in [6.07, 6.45) is 1.36. The predicted molar refractivity (Wildman–Crippen MR) is 82.9 cm³/mol. The second-order valence-corrected chi connectivity index (χ2v) is 7.77. The Balaban J connectivity index is 2.79. The van der Waals surface area contributed by atoms with Gasteiger partial charge in [0.2, 0.25) is 0 Å². The maximum atomic E-state index is 11.3. The summed E-state index contributed by atoms with van der Waals surface area (Å²) in [5, 5.41) is 3.31. The van der Waals surface area contributed by atoms with Crippen molar-refractivity contribution < 1.29 is 13.2 Å². The zero-order valence-electron chi connectivity index (χ0n) is 12.9. The summed E-state index contributed by atoms with van der Waals surface area (Å²) in [5.74, 6) is 0.971. The van der Waals surface area contributed by atoms with E-state index in [9.17, 15) is 8.42 Å². The first-order chi connectivity index (χ1) is 9.19. The standard InChI is InChI=1S/C15H25NO3S/c1-11(2)19-15-9-7-6-8-14(15)13(4)16-12(3)10-20(5,17)18/h6-9,11-13,16H,10H2,1-5H3. The second kappa shape index (κ2) is 7.09. The summed E-state index contributed by atoms with van der Waals surface area (Å²) in [4.78, 5) is 0. The zero-order chi connectivity index (χ0) is 15.3. The molecule has 0 aliphatic carbocycles. The molecule has 5 heteroatoms. The van der Waals surface area contributed by atoms with Gasteiger partial charge in [-0.15, -0.1) is 0 Å². The van der Waals surface area contributed by atoms with E-state index < -0.39 is 9.84 Å². The van der Waals surface area contributed by atoms with Gasteiger partial charge in [-0.05, 0) is 33.8 Å². The topological polar surface area (TPSA) is 55.4 Å². The fraction of sp³-hybridized carbons (Fsp3) is 0.600. The maximum Gasteiger partial charge on any atom is 0.148 e. The lowest BCUT2D eigenvalue weighted by molar-refractivity contribution is 0.237. The largest absolute Gasteiger partial charge is 0.491 e. The van der Waals surface area contributed by atoms with E-state index in [0.717, 1.165) is 11.3 Å². The third-order valence-electron chi connectivity index (χ3n) is 2.84. The minimum Gasteiger partial charge on any atom is -0.491 e. The lowest BCUT2D eigenvalue weighted by Gasteiger charge is -2.23. The number of benzene rings is 1. The zero-order valence-corrected chi connectivity index (χ0v) is 13.7. The lowest BCUT2D eigenvalue weighted by atomic mass is 10.1. The molecule has 2 unspecified atom stereocenters. The minimum absolute atomic E-state index is 0.0294. The van der Waals surface area contributed by atoms with E-state index in [1.165, 1.54) is 6.26 Å². The molecule has 114 valence electrons. The van der Waals surface area contributed by atoms with Crippen LogP contribution < -0.4 is 10.1 Å². The highest BCUT2D eigenvalue weighted by Gasteiger charge is 2.17. The summed E-state index contributed by atoms with van der Waals surface area (Å²) in [5.41, 5.74) is 1.04. The smallest absolute Gasteiger partial charge is 0.148 e. The summed E-state index contributed by atoms with van der Waals surface area (Å²) in [7, 11) is -2.97. The van der Waals surface area contributed by atoms with Crippen LogP contribution in [0.25, 0.3) is 0 Å². The second-order valence-electron chi connectivity index (χ2n) is 5.59. The third kappa shape index (κ3) is 5.92. The Labute approximate surface area is 122 Å². The molecule has 0 radical (unpaired) electrons. The molecule has 0 saturated heterocycles. The first-order valence-corrected chi connectivity index (χ1v) is 8.94. The molecule has 0 spiro atoms. The van der Waals surface area contributed by atoms with E-state index >= 15 is 0 Å². The van der Waals surface area contributed by atoms with Crippen molar-refractivity contribution in [2.75, 3.05) is 12.0 Å². The van der Waals surface area contributed by atoms with Gasteiger partial charge >= 0.3 is 0 Å². The molecule has 1 rings (SSSR count). The van der Waals surface area contributed by atoms with Crippen LogP contribution in [0.2, 0.25) is 0 Å². The SMILES string of the molecule is CC(CS(C)(=O)=O)NC(C)c1ccccc1OC(C)C. The van der Waals surface area contributed by atoms with Gasteiger partial charge in [-0.25, -0.2) is 8.42 Å². The average molecular weight is 299 g/mol. The highest BCUT2D eigenvalue weighted by molar-refractivity contribution is 7.90. The molecule has 0 amide bonds. The van der Waals surface area contributed by atoms with E-state index in [0.29, 0.717) is 0 Å². The van der Waals surface area contributed by atoms with Crippen LogP contribution in [0.5, 0.6) is 5.75 Å². The Morgan fingerprint density at radius 3 is 2.30 bits per heavy atom. The molecular weight excluding hydrogens is 274 g/mol. The summed E-state index contributed by atoms with van der Waals surface area (Å²) in [6, 6.07) is 7.77. The first kappa shape index (κ1) is 17.0. The molecule has 0 saturated carbocycles. The van der Waals surface area contributed by atoms with Gasteiger partial charge in [0.1, 0.15) is 15.6 Å². The molecule has 0 aliphatic rings. The molecule has 20 heavy (non-hydrogen) atoms. The van der Waals surface area contributed by atoms with E-state index in [4.69, 9.17) is 4.74 Å². The molecule has 2 atom stereocenters. The fourth-order valence-corrected chi connectivity index (χ4v) is 3.22. The van der Waals surface area contributed by atoms with E-state index in [2.05, 4.69) is 5.32 Å². The van der Waals surface area contributed by atoms with Crippen molar-refractivity contribution in [1.29, 1.82) is 0 Å². The van der Waals surface area contributed by atoms with Crippen LogP contribution in [0, 0.1) is 0 Å². The van der Waals surface area contributed by atoms with Gasteiger partial charge in [-0.3, -0.25) is 0 Å². The van der Waals surface area contributed by atoms with Crippen LogP contribution in [0.3, 0.4) is 0 Å². The normalized spacial score (nSPS) is 15.1. The molecule has 0 heterocycles. The van der Waals surface area contributed by atoms with Crippen LogP contribution in [0.4, 0.5) is 0 Å². The Hall–Kier alpha value is -1.07. The number of hydrogen-bond acceptors (Lipinski definition) is 4. The van der Waals surface area contributed by atoms with Crippen molar-refractivity contribution in [1.82, 2.24) is 5.32 Å². The van der Waals surface area contributed by atoms with Crippen molar-refractivity contribution in [2.45, 2.75) is 45.9 Å². The minimum atomic E-state index is -2.97. The van der Waals surface area contributed by atoms with E-state index in [1.54, 1.807) is 0 Å². The Bertz CT molecular complexity index is 526. The Morgan fingerprint density at radius 2 is 1.75 bits per heavy atom. The molecule has 0 aliphatic heterocycles. The van der Waals surface area contributed by atoms with Crippen molar-refractivity contribution in [3.63, 3.8) is 0 Å². The summed E-state index contributed by atoms with van der Waals surface area (Å²) >= 11 is 0. The average Bonchev–Trinajstić information content (AvgIpc) is 2.25. The Morgan fingerprint density at radius 1 is 1.15 bits per heavy atom. The van der Waals surface area contributed by atoms with E-state index in [1.807, 2.05) is 52.0 Å². The number of ether oxygens (including phenoxy) is 1. The van der Waals surface area contributed by atoms with Crippen LogP contribution in [0.15, 0.2) is 24.3 Å². The maximum absolute atomic E-state index is 11.3. The van der Waals surface area contributed by atoms with Crippen LogP contribution >= 0.6 is 0 Å². The van der Waals surface area contributed by atoms with Crippen molar-refractivity contribution in [3.8, 4) is 5.75 Å². The third-order valence-corrected chi connectivity index (χ3v) is 3.94. The Kier molecular flexibility index (Phi) is 6.02. The number of para-hydroxylation sites is 1. The van der Waals surface area contributed by atoms with Gasteiger partial charge < -0.3 is 10.1 Å². The van der Waals surface area contributed by atoms with Crippen LogP contribution in [-0.2, 0) is 9.84 Å². The molecule has 0 bridgehead atoms. The molecule has 1 N–H and O–H groups in total. The van der Waals surface area contributed by atoms with Crippen molar-refractivity contribution in [3.05, 3.63) is 29.8 Å². The first-order valence-electron chi connectivity index (χ1n) is 6.88. The molecular formula is C15H25NO3S. The quantitative estimate of drug-likeness (QED) is 0.840. The molecule has 1 aromatic carbocycles. The number of sulfone groups is 1. The molecule has 0 aromatic heterocycles. The highest BCUT2D eigenvalue weighted by atomic mass is 32.2. The van der Waals surface area contributed by atoms with Crippen molar-refractivity contribution >= 4 is 9.84 Å². The predicted octanol–water partition coefficient (Wildman–Crippen LogP) is 2.56. The molecule has 1 aromatic rings. The number of nitrogens with one attached hydrogen (secondary N) is 1. The van der Waals surface area contributed by atoms with Gasteiger partial charge in [0.05, 0.1) is 11.9 Å². The van der Waals surface area contributed by atoms with Crippen molar-refractivity contribution in [2.24, 2.45) is 0 Å². The number of hydrogen-bond donors (Lipinski definition) is 1. The van der Waals surface area contributed by atoms with Gasteiger partial charge in [0, 0.05) is 23.9 Å². The summed E-state index contributed by atoms with van der Waals surface area (Å²) in [6.45, 7) is 7.87. The summed E-state index contributed by atoms with van der Waals surface area (Å²) < 4.78 is 28.4. The van der Waals surface area contributed by atoms with Gasteiger partial charge in [0.25, 0.3) is 0 Å². The lowest BCUT2D eigenvalue weighted by Crippen LogP contribution is -2.34. The van der Waals surface area contributed by atoms with Gasteiger partial charge in [-0.2, -0.15) is 0 Å². The van der Waals surface area contributed by atoms with Gasteiger partial charge in [-0.1, -0.05) is 18.2 Å². The van der Waals surface area contributed by atoms with Crippen LogP contribution in [-0.4, -0.2) is 32.6 Å². The monoisotopic (exact) mass is 299 g/mol. The molecule has 0 fully saturated rings. The molecule has 4 nitrogen and oxygen atoms in total. The van der Waals surface area contributed by atoms with E-state index in [-0.39, 0.29) is 23.9 Å². The number of rotatable bonds is 7.